The Morgan fingerprint density at radius 1 is 0.844 bits per heavy atom. The second kappa shape index (κ2) is 12.2. The third-order valence-electron chi connectivity index (χ3n) is 3.67. The minimum absolute atomic E-state index is 0. The molecule has 0 spiro atoms. The van der Waals surface area contributed by atoms with Crippen LogP contribution in [-0.4, -0.2) is 53.5 Å². The SMILES string of the molecule is CC(c1ccc[cH-]1)[N+](C)(C)C.O=S(=O)([N-]S(=O)(=O)C(F)(F)F)C(F)(F)F.[Fe+2].c1cc[cH-]c1. The summed E-state index contributed by atoms with van der Waals surface area (Å²) in [4.78, 5) is 0. The minimum Gasteiger partial charge on any atom is -0.421 e. The molecule has 1 unspecified atom stereocenters. The quantitative estimate of drug-likeness (QED) is 0.240. The summed E-state index contributed by atoms with van der Waals surface area (Å²) >= 11 is 0. The van der Waals surface area contributed by atoms with E-state index in [-0.39, 0.29) is 17.1 Å². The molecule has 0 heterocycles. The van der Waals surface area contributed by atoms with Gasteiger partial charge in [0.05, 0.1) is 27.2 Å². The fraction of sp³-hybridized carbons (Fsp3) is 0.412. The molecule has 0 N–H and O–H groups in total. The van der Waals surface area contributed by atoms with Crippen molar-refractivity contribution in [2.24, 2.45) is 0 Å². The van der Waals surface area contributed by atoms with Gasteiger partial charge in [0, 0.05) is 0 Å². The Bertz CT molecular complexity index is 905. The topological polar surface area (TPSA) is 82.4 Å². The first-order chi connectivity index (χ1) is 13.7. The molecule has 0 saturated carbocycles. The van der Waals surface area contributed by atoms with E-state index in [0.717, 1.165) is 8.61 Å². The average Bonchev–Trinajstić information content (AvgIpc) is 3.27. The van der Waals surface area contributed by atoms with Crippen LogP contribution in [0.5, 0.6) is 0 Å². The minimum atomic E-state index is -6.72. The first kappa shape index (κ1) is 32.8. The van der Waals surface area contributed by atoms with Gasteiger partial charge in [0.25, 0.3) is 0 Å². The number of sulfonamides is 2. The van der Waals surface area contributed by atoms with E-state index < -0.39 is 31.1 Å². The summed E-state index contributed by atoms with van der Waals surface area (Å²) in [5, 5.41) is 0. The van der Waals surface area contributed by atoms with E-state index in [1.165, 1.54) is 5.56 Å². The summed E-state index contributed by atoms with van der Waals surface area (Å²) in [6.45, 7) is 2.26. The van der Waals surface area contributed by atoms with Crippen LogP contribution in [0, 0.1) is 0 Å². The van der Waals surface area contributed by atoms with Crippen molar-refractivity contribution in [3.05, 3.63) is 64.3 Å². The van der Waals surface area contributed by atoms with Gasteiger partial charge in [-0.1, -0.05) is 0 Å². The Morgan fingerprint density at radius 2 is 1.25 bits per heavy atom. The number of hydrogen-bond donors (Lipinski definition) is 0. The summed E-state index contributed by atoms with van der Waals surface area (Å²) in [5.74, 6) is 0. The zero-order valence-corrected chi connectivity index (χ0v) is 20.0. The van der Waals surface area contributed by atoms with Crippen molar-refractivity contribution in [2.45, 2.75) is 24.0 Å². The molecule has 6 nitrogen and oxygen atoms in total. The van der Waals surface area contributed by atoms with E-state index in [0.29, 0.717) is 6.04 Å². The number of nitrogens with zero attached hydrogens (tertiary/aromatic N) is 2. The largest absolute Gasteiger partial charge is 2.00 e. The van der Waals surface area contributed by atoms with Crippen molar-refractivity contribution in [1.82, 2.24) is 0 Å². The smallest absolute Gasteiger partial charge is 0.421 e. The van der Waals surface area contributed by atoms with Crippen molar-refractivity contribution in [3.8, 4) is 0 Å². The normalized spacial score (nSPS) is 13.6. The van der Waals surface area contributed by atoms with Gasteiger partial charge in [-0.05, 0) is 6.92 Å². The third-order valence-corrected chi connectivity index (χ3v) is 6.41. The standard InChI is InChI=1S/C10H17N.C5H5.C2F6NO4S2.Fe/c1-9(11(2,3)4)10-7-5-6-8-10;1-2-4-5-3-1;3-1(4,5)14(10,11)9-15(12,13)2(6,7)8;/h5-9H,1-4H3;1-5H;;/q;2*-1;+2. The van der Waals surface area contributed by atoms with Crippen LogP contribution in [-0.2, 0) is 37.1 Å². The summed E-state index contributed by atoms with van der Waals surface area (Å²) in [5.41, 5.74) is -11.0. The van der Waals surface area contributed by atoms with Gasteiger partial charge in [0.1, 0.15) is 0 Å². The van der Waals surface area contributed by atoms with E-state index >= 15 is 0 Å². The van der Waals surface area contributed by atoms with Crippen LogP contribution in [0.2, 0.25) is 0 Å². The molecule has 0 aliphatic rings. The maximum Gasteiger partial charge on any atom is 2.00 e. The number of alkyl halides is 6. The average molecular weight is 552 g/mol. The van der Waals surface area contributed by atoms with Crippen LogP contribution >= 0.6 is 0 Å². The molecule has 2 aromatic carbocycles. The van der Waals surface area contributed by atoms with Crippen LogP contribution in [0.25, 0.3) is 4.13 Å². The van der Waals surface area contributed by atoms with E-state index in [1.807, 2.05) is 30.3 Å². The summed E-state index contributed by atoms with van der Waals surface area (Å²) in [7, 11) is -6.78. The molecule has 0 radical (unpaired) electrons. The molecular weight excluding hydrogens is 530 g/mol. The molecule has 2 aromatic rings. The number of quaternary nitrogens is 1. The molecule has 0 fully saturated rings. The molecule has 1 atom stereocenters. The molecule has 0 aliphatic carbocycles. The first-order valence-electron chi connectivity index (χ1n) is 8.28. The Kier molecular flexibility index (Phi) is 12.5. The van der Waals surface area contributed by atoms with Gasteiger partial charge in [-0.3, -0.25) is 0 Å². The second-order valence-corrected chi connectivity index (χ2v) is 10.3. The Morgan fingerprint density at radius 3 is 1.47 bits per heavy atom. The zero-order valence-electron chi connectivity index (χ0n) is 17.2. The molecule has 0 saturated heterocycles. The van der Waals surface area contributed by atoms with Gasteiger partial charge in [-0.15, -0.1) is 5.56 Å². The van der Waals surface area contributed by atoms with Crippen LogP contribution < -0.4 is 0 Å². The Hall–Kier alpha value is -1.38. The fourth-order valence-corrected chi connectivity index (χ4v) is 3.36. The van der Waals surface area contributed by atoms with Crippen molar-refractivity contribution in [1.29, 1.82) is 0 Å². The summed E-state index contributed by atoms with van der Waals surface area (Å²) in [6.07, 6.45) is 0. The fourth-order valence-electron chi connectivity index (χ4n) is 1.65. The van der Waals surface area contributed by atoms with Gasteiger partial charge >= 0.3 is 28.1 Å². The van der Waals surface area contributed by atoms with Gasteiger partial charge in [0.2, 0.25) is 0 Å². The predicted molar refractivity (Wildman–Crippen MR) is 104 cm³/mol. The van der Waals surface area contributed by atoms with E-state index in [4.69, 9.17) is 0 Å². The van der Waals surface area contributed by atoms with Gasteiger partial charge < -0.3 is 8.61 Å². The molecule has 15 heteroatoms. The van der Waals surface area contributed by atoms with Crippen LogP contribution in [0.15, 0.2) is 54.6 Å². The molecule has 0 aliphatic heterocycles. The maximum atomic E-state index is 11.4. The molecule has 0 bridgehead atoms. The molecule has 2 rings (SSSR count). The molecular formula is C17H22F6FeN2O4S2. The van der Waals surface area contributed by atoms with Crippen molar-refractivity contribution in [3.63, 3.8) is 0 Å². The van der Waals surface area contributed by atoms with Crippen LogP contribution in [0.4, 0.5) is 26.3 Å². The van der Waals surface area contributed by atoms with Crippen LogP contribution in [0.1, 0.15) is 18.5 Å². The molecule has 0 amide bonds. The van der Waals surface area contributed by atoms with Crippen LogP contribution in [0.3, 0.4) is 0 Å². The van der Waals surface area contributed by atoms with E-state index in [9.17, 15) is 43.2 Å². The molecule has 186 valence electrons. The van der Waals surface area contributed by atoms with Crippen molar-refractivity contribution in [2.75, 3.05) is 21.1 Å². The number of halogens is 6. The molecule has 0 aromatic heterocycles. The Balaban J connectivity index is 0. The van der Waals surface area contributed by atoms with Gasteiger partial charge in [-0.2, -0.15) is 56.7 Å². The molecule has 32 heavy (non-hydrogen) atoms. The third kappa shape index (κ3) is 11.0. The van der Waals surface area contributed by atoms with E-state index in [1.54, 1.807) is 0 Å². The number of rotatable bonds is 4. The predicted octanol–water partition coefficient (Wildman–Crippen LogP) is 4.64. The van der Waals surface area contributed by atoms with Crippen molar-refractivity contribution >= 4 is 20.0 Å². The van der Waals surface area contributed by atoms with Gasteiger partial charge in [0.15, 0.2) is 20.0 Å². The Labute approximate surface area is 194 Å². The van der Waals surface area contributed by atoms with E-state index in [2.05, 4.69) is 52.3 Å². The summed E-state index contributed by atoms with van der Waals surface area (Å²) < 4.78 is 110. The number of hydrogen-bond acceptors (Lipinski definition) is 4. The first-order valence-corrected chi connectivity index (χ1v) is 11.2. The zero-order chi connectivity index (χ0) is 24.7. The maximum absolute atomic E-state index is 11.4. The van der Waals surface area contributed by atoms with Crippen molar-refractivity contribution < 1.29 is 64.7 Å². The monoisotopic (exact) mass is 552 g/mol. The summed E-state index contributed by atoms with van der Waals surface area (Å²) in [6, 6.07) is 19.2. The van der Waals surface area contributed by atoms with Gasteiger partial charge in [-0.25, -0.2) is 41.1 Å². The second-order valence-electron chi connectivity index (χ2n) is 6.89.